The van der Waals surface area contributed by atoms with Crippen molar-refractivity contribution in [3.63, 3.8) is 0 Å². The molecule has 1 aromatic rings. The Kier molecular flexibility index (Phi) is 8.70. The number of benzene rings is 1. The van der Waals surface area contributed by atoms with Gasteiger partial charge in [0, 0.05) is 30.5 Å². The summed E-state index contributed by atoms with van der Waals surface area (Å²) in [6, 6.07) is 4.43. The van der Waals surface area contributed by atoms with Gasteiger partial charge in [0.1, 0.15) is 5.84 Å². The van der Waals surface area contributed by atoms with Crippen molar-refractivity contribution in [2.45, 2.75) is 53.9 Å². The highest BCUT2D eigenvalue weighted by atomic mass is 15.2. The maximum Gasteiger partial charge on any atom is 0.129 e. The van der Waals surface area contributed by atoms with Gasteiger partial charge in [0.2, 0.25) is 0 Å². The van der Waals surface area contributed by atoms with Crippen molar-refractivity contribution in [2.24, 2.45) is 11.7 Å². The second kappa shape index (κ2) is 10.2. The van der Waals surface area contributed by atoms with E-state index < -0.39 is 0 Å². The van der Waals surface area contributed by atoms with Crippen molar-refractivity contribution < 1.29 is 0 Å². The molecule has 1 saturated heterocycles. The summed E-state index contributed by atoms with van der Waals surface area (Å²) in [4.78, 5) is 2.18. The van der Waals surface area contributed by atoms with E-state index in [1.54, 1.807) is 0 Å². The Hall–Kier alpha value is -1.81. The molecule has 25 heavy (non-hydrogen) atoms. The molecule has 1 unspecified atom stereocenters. The van der Waals surface area contributed by atoms with Crippen LogP contribution < -0.4 is 16.0 Å². The Morgan fingerprint density at radius 3 is 2.40 bits per heavy atom. The van der Waals surface area contributed by atoms with E-state index in [0.717, 1.165) is 31.5 Å². The van der Waals surface area contributed by atoms with E-state index in [0.29, 0.717) is 11.8 Å². The molecule has 4 nitrogen and oxygen atoms in total. The van der Waals surface area contributed by atoms with Crippen molar-refractivity contribution in [1.82, 2.24) is 5.32 Å². The number of piperidine rings is 1. The first-order valence-corrected chi connectivity index (χ1v) is 9.38. The number of hydrogen-bond acceptors (Lipinski definition) is 3. The van der Waals surface area contributed by atoms with Crippen molar-refractivity contribution in [3.8, 4) is 0 Å². The number of nitrogens with zero attached hydrogens (tertiary/aromatic N) is 1. The van der Waals surface area contributed by atoms with Crippen molar-refractivity contribution in [3.05, 3.63) is 40.6 Å². The van der Waals surface area contributed by atoms with Crippen LogP contribution in [0.25, 0.3) is 0 Å². The Balaban J connectivity index is 0.00000151. The topological polar surface area (TPSA) is 65.1 Å². The molecule has 1 aliphatic rings. The second-order valence-electron chi connectivity index (χ2n) is 6.94. The lowest BCUT2D eigenvalue weighted by atomic mass is 9.98. The lowest BCUT2D eigenvalue weighted by molar-refractivity contribution is 0.538. The SMILES string of the molecule is CCC(C)CN/C=C1\CCCN(c2c(C)cc(C)cc2C)C1=N.CN. The molecule has 0 bridgehead atoms. The third-order valence-electron chi connectivity index (χ3n) is 4.75. The van der Waals surface area contributed by atoms with Crippen LogP contribution in [0.15, 0.2) is 23.9 Å². The van der Waals surface area contributed by atoms with Gasteiger partial charge in [0.15, 0.2) is 0 Å². The van der Waals surface area contributed by atoms with Crippen LogP contribution in [-0.4, -0.2) is 26.0 Å². The molecule has 0 aromatic heterocycles. The van der Waals surface area contributed by atoms with Crippen molar-refractivity contribution in [1.29, 1.82) is 5.41 Å². The van der Waals surface area contributed by atoms with E-state index in [9.17, 15) is 0 Å². The Morgan fingerprint density at radius 2 is 1.84 bits per heavy atom. The predicted octanol–water partition coefficient (Wildman–Crippen LogP) is 4.28. The molecular weight excluding hydrogens is 308 g/mol. The summed E-state index contributed by atoms with van der Waals surface area (Å²) < 4.78 is 0. The van der Waals surface area contributed by atoms with Gasteiger partial charge in [0.25, 0.3) is 0 Å². The quantitative estimate of drug-likeness (QED) is 0.747. The van der Waals surface area contributed by atoms with Crippen LogP contribution in [0, 0.1) is 32.1 Å². The first-order chi connectivity index (χ1) is 11.9. The zero-order valence-electron chi connectivity index (χ0n) is 16.9. The Labute approximate surface area is 154 Å². The minimum atomic E-state index is 0.656. The summed E-state index contributed by atoms with van der Waals surface area (Å²) >= 11 is 0. The first-order valence-electron chi connectivity index (χ1n) is 9.38. The largest absolute Gasteiger partial charge is 0.390 e. The van der Waals surface area contributed by atoms with Gasteiger partial charge in [-0.3, -0.25) is 5.41 Å². The number of nitrogens with one attached hydrogen (secondary N) is 2. The zero-order valence-corrected chi connectivity index (χ0v) is 16.9. The van der Waals surface area contributed by atoms with Crippen LogP contribution in [0.4, 0.5) is 5.69 Å². The summed E-state index contributed by atoms with van der Waals surface area (Å²) in [5.74, 6) is 1.32. The smallest absolute Gasteiger partial charge is 0.129 e. The highest BCUT2D eigenvalue weighted by molar-refractivity contribution is 6.09. The average molecular weight is 345 g/mol. The van der Waals surface area contributed by atoms with E-state index in [1.165, 1.54) is 35.8 Å². The molecule has 0 spiro atoms. The summed E-state index contributed by atoms with van der Waals surface area (Å²) in [6.45, 7) is 12.8. The van der Waals surface area contributed by atoms with E-state index in [4.69, 9.17) is 5.41 Å². The molecule has 1 fully saturated rings. The number of amidine groups is 1. The van der Waals surface area contributed by atoms with Gasteiger partial charge in [-0.15, -0.1) is 0 Å². The van der Waals surface area contributed by atoms with E-state index in [1.807, 2.05) is 0 Å². The molecule has 4 heteroatoms. The molecule has 0 radical (unpaired) electrons. The zero-order chi connectivity index (χ0) is 19.0. The van der Waals surface area contributed by atoms with E-state index >= 15 is 0 Å². The third-order valence-corrected chi connectivity index (χ3v) is 4.75. The van der Waals surface area contributed by atoms with Gasteiger partial charge < -0.3 is 16.0 Å². The number of hydrogen-bond donors (Lipinski definition) is 3. The van der Waals surface area contributed by atoms with Gasteiger partial charge in [-0.05, 0) is 57.7 Å². The van der Waals surface area contributed by atoms with Crippen LogP contribution in [0.3, 0.4) is 0 Å². The highest BCUT2D eigenvalue weighted by Crippen LogP contribution is 2.30. The fraction of sp³-hybridized carbons (Fsp3) is 0.571. The van der Waals surface area contributed by atoms with Crippen LogP contribution in [0.2, 0.25) is 0 Å². The summed E-state index contributed by atoms with van der Waals surface area (Å²) in [5, 5.41) is 12.1. The fourth-order valence-electron chi connectivity index (χ4n) is 3.32. The van der Waals surface area contributed by atoms with Crippen molar-refractivity contribution in [2.75, 3.05) is 25.0 Å². The van der Waals surface area contributed by atoms with Crippen LogP contribution in [-0.2, 0) is 0 Å². The Bertz CT molecular complexity index is 581. The summed E-state index contributed by atoms with van der Waals surface area (Å²) in [7, 11) is 1.50. The van der Waals surface area contributed by atoms with Gasteiger partial charge in [-0.1, -0.05) is 38.0 Å². The minimum Gasteiger partial charge on any atom is -0.390 e. The molecule has 1 heterocycles. The van der Waals surface area contributed by atoms with Gasteiger partial charge in [-0.25, -0.2) is 0 Å². The molecule has 2 rings (SSSR count). The highest BCUT2D eigenvalue weighted by Gasteiger charge is 2.23. The van der Waals surface area contributed by atoms with Gasteiger partial charge in [0.05, 0.1) is 0 Å². The maximum atomic E-state index is 8.64. The number of nitrogens with two attached hydrogens (primary N) is 1. The fourth-order valence-corrected chi connectivity index (χ4v) is 3.32. The van der Waals surface area contributed by atoms with Crippen LogP contribution in [0.1, 0.15) is 49.8 Å². The van der Waals surface area contributed by atoms with Crippen LogP contribution in [0.5, 0.6) is 0 Å². The number of aryl methyl sites for hydroxylation is 3. The monoisotopic (exact) mass is 344 g/mol. The first kappa shape index (κ1) is 21.2. The molecule has 4 N–H and O–H groups in total. The lowest BCUT2D eigenvalue weighted by Crippen LogP contribution is -2.38. The minimum absolute atomic E-state index is 0.656. The molecule has 1 aliphatic heterocycles. The van der Waals surface area contributed by atoms with Gasteiger partial charge in [-0.2, -0.15) is 0 Å². The Morgan fingerprint density at radius 1 is 1.24 bits per heavy atom. The van der Waals surface area contributed by atoms with Crippen molar-refractivity contribution >= 4 is 11.5 Å². The predicted molar refractivity (Wildman–Crippen MR) is 111 cm³/mol. The molecular formula is C21H36N4. The molecule has 0 aliphatic carbocycles. The maximum absolute atomic E-state index is 8.64. The summed E-state index contributed by atoms with van der Waals surface area (Å²) in [5.41, 5.74) is 10.7. The van der Waals surface area contributed by atoms with Crippen LogP contribution >= 0.6 is 0 Å². The summed E-state index contributed by atoms with van der Waals surface area (Å²) in [6.07, 6.45) is 5.35. The lowest BCUT2D eigenvalue weighted by Gasteiger charge is -2.33. The molecule has 0 saturated carbocycles. The molecule has 140 valence electrons. The molecule has 1 atom stereocenters. The third kappa shape index (κ3) is 5.60. The number of anilines is 1. The molecule has 0 amide bonds. The second-order valence-corrected chi connectivity index (χ2v) is 6.94. The van der Waals surface area contributed by atoms with E-state index in [-0.39, 0.29) is 0 Å². The van der Waals surface area contributed by atoms with Gasteiger partial charge >= 0.3 is 0 Å². The average Bonchev–Trinajstić information content (AvgIpc) is 2.58. The molecule has 1 aromatic carbocycles. The van der Waals surface area contributed by atoms with E-state index in [2.05, 4.69) is 68.9 Å². The standard InChI is InChI=1S/C20H31N3.CH5N/c1-6-14(2)12-22-13-18-8-7-9-23(20(18)21)19-16(4)10-15(3)11-17(19)5;1-2/h10-11,13-14,21-22H,6-9,12H2,1-5H3;2H2,1H3/b18-13+,21-20?;. The normalized spacial score (nSPS) is 17.2. The number of rotatable bonds is 5.